The van der Waals surface area contributed by atoms with Gasteiger partial charge in [-0.2, -0.15) is 13.2 Å². The molecule has 1 aliphatic rings. The Morgan fingerprint density at radius 2 is 1.85 bits per heavy atom. The molecular weight excluding hydrogens is 527 g/mol. The zero-order chi connectivity index (χ0) is 29.4. The molecule has 2 N–H and O–H groups in total. The molecule has 4 rings (SSSR count). The van der Waals surface area contributed by atoms with Crippen LogP contribution in [0.2, 0.25) is 0 Å². The third-order valence-electron chi connectivity index (χ3n) is 6.26. The number of hydrogen-bond acceptors (Lipinski definition) is 6. The van der Waals surface area contributed by atoms with Crippen LogP contribution in [0.15, 0.2) is 48.7 Å². The van der Waals surface area contributed by atoms with Crippen molar-refractivity contribution in [3.63, 3.8) is 0 Å². The number of fused-ring (bicyclic) bond motifs is 1. The van der Waals surface area contributed by atoms with Crippen molar-refractivity contribution >= 4 is 11.9 Å². The number of aliphatic carboxylic acids is 2. The first kappa shape index (κ1) is 30.6. The van der Waals surface area contributed by atoms with E-state index in [1.807, 2.05) is 38.2 Å². The standard InChI is InChI=1S/C27H31N3O3.C2HF3O2/c1-18-5-4-6-21(11-18)17-33-25-8-7-22(13-20(25)3)27-28-14-23-16-30(10-9-24(23)29-27)15-19(2)12-26(31)32;3-2(4,5)1(6)7/h4-8,11,13-14,19H,9-10,12,15-17H2,1-3H3,(H,31,32);(H,6,7). The van der Waals surface area contributed by atoms with E-state index in [-0.39, 0.29) is 12.3 Å². The summed E-state index contributed by atoms with van der Waals surface area (Å²) >= 11 is 0. The molecule has 8 nitrogen and oxygen atoms in total. The summed E-state index contributed by atoms with van der Waals surface area (Å²) in [6, 6.07) is 14.4. The highest BCUT2D eigenvalue weighted by atomic mass is 19.4. The van der Waals surface area contributed by atoms with Crippen molar-refractivity contribution in [1.29, 1.82) is 0 Å². The van der Waals surface area contributed by atoms with Crippen LogP contribution in [0.25, 0.3) is 11.4 Å². The second kappa shape index (κ2) is 13.4. The van der Waals surface area contributed by atoms with E-state index in [4.69, 9.17) is 24.7 Å². The number of carbonyl (C=O) groups is 2. The van der Waals surface area contributed by atoms with Crippen LogP contribution in [0, 0.1) is 19.8 Å². The lowest BCUT2D eigenvalue weighted by molar-refractivity contribution is -0.192. The molecule has 2 aromatic carbocycles. The highest BCUT2D eigenvalue weighted by molar-refractivity contribution is 5.73. The van der Waals surface area contributed by atoms with Crippen molar-refractivity contribution in [2.24, 2.45) is 5.92 Å². The van der Waals surface area contributed by atoms with Crippen molar-refractivity contribution in [2.45, 2.75) is 52.9 Å². The third kappa shape index (κ3) is 9.04. The molecule has 0 saturated heterocycles. The molecule has 0 spiro atoms. The number of carboxylic acids is 2. The Morgan fingerprint density at radius 1 is 1.12 bits per heavy atom. The first-order chi connectivity index (χ1) is 18.8. The van der Waals surface area contributed by atoms with E-state index in [0.717, 1.165) is 65.6 Å². The molecule has 0 fully saturated rings. The quantitative estimate of drug-likeness (QED) is 0.375. The van der Waals surface area contributed by atoms with Gasteiger partial charge < -0.3 is 14.9 Å². The molecule has 214 valence electrons. The first-order valence-electron chi connectivity index (χ1n) is 12.7. The van der Waals surface area contributed by atoms with Crippen LogP contribution in [0.5, 0.6) is 5.75 Å². The van der Waals surface area contributed by atoms with Crippen molar-refractivity contribution < 1.29 is 37.7 Å². The van der Waals surface area contributed by atoms with Gasteiger partial charge >= 0.3 is 18.1 Å². The van der Waals surface area contributed by atoms with Gasteiger partial charge in [0.2, 0.25) is 0 Å². The molecule has 0 amide bonds. The van der Waals surface area contributed by atoms with E-state index >= 15 is 0 Å². The minimum Gasteiger partial charge on any atom is -0.489 e. The highest BCUT2D eigenvalue weighted by Crippen LogP contribution is 2.27. The van der Waals surface area contributed by atoms with Gasteiger partial charge in [0, 0.05) is 49.8 Å². The Hall–Kier alpha value is -3.99. The Morgan fingerprint density at radius 3 is 2.48 bits per heavy atom. The van der Waals surface area contributed by atoms with E-state index in [0.29, 0.717) is 6.61 Å². The minimum absolute atomic E-state index is 0.124. The highest BCUT2D eigenvalue weighted by Gasteiger charge is 2.38. The molecule has 40 heavy (non-hydrogen) atoms. The van der Waals surface area contributed by atoms with Gasteiger partial charge in [0.1, 0.15) is 12.4 Å². The molecule has 0 radical (unpaired) electrons. The third-order valence-corrected chi connectivity index (χ3v) is 6.26. The minimum atomic E-state index is -5.08. The van der Waals surface area contributed by atoms with Gasteiger partial charge in [-0.15, -0.1) is 0 Å². The van der Waals surface area contributed by atoms with Crippen molar-refractivity contribution in [1.82, 2.24) is 14.9 Å². The molecule has 0 saturated carbocycles. The predicted octanol–water partition coefficient (Wildman–Crippen LogP) is 5.44. The molecule has 1 aromatic heterocycles. The van der Waals surface area contributed by atoms with E-state index in [1.54, 1.807) is 0 Å². The lowest BCUT2D eigenvalue weighted by atomic mass is 10.0. The van der Waals surface area contributed by atoms with Gasteiger partial charge in [-0.05, 0) is 49.1 Å². The number of rotatable bonds is 8. The number of hydrogen-bond donors (Lipinski definition) is 2. The topological polar surface area (TPSA) is 113 Å². The number of nitrogens with zero attached hydrogens (tertiary/aromatic N) is 3. The fourth-order valence-electron chi connectivity index (χ4n) is 4.39. The summed E-state index contributed by atoms with van der Waals surface area (Å²) in [6.07, 6.45) is -2.12. The van der Waals surface area contributed by atoms with E-state index in [2.05, 4.69) is 41.1 Å². The number of aryl methyl sites for hydroxylation is 2. The maximum atomic E-state index is 10.9. The lowest BCUT2D eigenvalue weighted by Crippen LogP contribution is -2.35. The lowest BCUT2D eigenvalue weighted by Gasteiger charge is -2.29. The number of halogens is 3. The number of carboxylic acid groups (broad SMARTS) is 2. The average Bonchev–Trinajstić information content (AvgIpc) is 2.87. The predicted molar refractivity (Wildman–Crippen MR) is 142 cm³/mol. The van der Waals surface area contributed by atoms with E-state index in [1.165, 1.54) is 5.56 Å². The Labute approximate surface area is 230 Å². The van der Waals surface area contributed by atoms with E-state index < -0.39 is 18.1 Å². The molecule has 1 aliphatic heterocycles. The van der Waals surface area contributed by atoms with Gasteiger partial charge in [0.15, 0.2) is 5.82 Å². The van der Waals surface area contributed by atoms with Gasteiger partial charge in [-0.1, -0.05) is 36.8 Å². The second-order valence-electron chi connectivity index (χ2n) is 9.91. The molecule has 0 bridgehead atoms. The van der Waals surface area contributed by atoms with Crippen LogP contribution < -0.4 is 4.74 Å². The van der Waals surface area contributed by atoms with Crippen LogP contribution in [-0.2, 0) is 29.2 Å². The summed E-state index contributed by atoms with van der Waals surface area (Å²) in [4.78, 5) is 31.6. The van der Waals surface area contributed by atoms with Crippen LogP contribution in [0.3, 0.4) is 0 Å². The fraction of sp³-hybridized carbons (Fsp3) is 0.379. The van der Waals surface area contributed by atoms with Crippen LogP contribution in [0.4, 0.5) is 13.2 Å². The number of alkyl halides is 3. The summed E-state index contributed by atoms with van der Waals surface area (Å²) in [5, 5.41) is 16.1. The molecule has 3 aromatic rings. The molecule has 0 aliphatic carbocycles. The number of benzene rings is 2. The number of aromatic nitrogens is 2. The SMILES string of the molecule is Cc1cccc(COc2ccc(-c3ncc4c(n3)CCN(CC(C)CC(=O)O)C4)cc2C)c1.O=C(O)C(F)(F)F. The Balaban J connectivity index is 0.000000559. The van der Waals surface area contributed by atoms with Gasteiger partial charge in [0.05, 0.1) is 5.69 Å². The first-order valence-corrected chi connectivity index (χ1v) is 12.7. The van der Waals surface area contributed by atoms with Crippen LogP contribution in [-0.4, -0.2) is 56.3 Å². The molecule has 1 unspecified atom stereocenters. The van der Waals surface area contributed by atoms with Gasteiger partial charge in [-0.3, -0.25) is 9.69 Å². The van der Waals surface area contributed by atoms with Gasteiger partial charge in [0.25, 0.3) is 0 Å². The summed E-state index contributed by atoms with van der Waals surface area (Å²) in [6.45, 7) is 9.08. The second-order valence-corrected chi connectivity index (χ2v) is 9.91. The number of ether oxygens (including phenoxy) is 1. The summed E-state index contributed by atoms with van der Waals surface area (Å²) in [5.41, 5.74) is 6.63. The molecule has 2 heterocycles. The Bertz CT molecular complexity index is 1350. The zero-order valence-electron chi connectivity index (χ0n) is 22.5. The molecule has 11 heteroatoms. The zero-order valence-corrected chi connectivity index (χ0v) is 22.5. The molecule has 1 atom stereocenters. The smallest absolute Gasteiger partial charge is 0.489 e. The van der Waals surface area contributed by atoms with Crippen molar-refractivity contribution in [2.75, 3.05) is 13.1 Å². The summed E-state index contributed by atoms with van der Waals surface area (Å²) in [7, 11) is 0. The van der Waals surface area contributed by atoms with Crippen LogP contribution in [0.1, 0.15) is 41.3 Å². The van der Waals surface area contributed by atoms with Gasteiger partial charge in [-0.25, -0.2) is 14.8 Å². The Kier molecular flexibility index (Phi) is 10.2. The molecular formula is C29H32F3N3O5. The largest absolute Gasteiger partial charge is 0.490 e. The average molecular weight is 560 g/mol. The van der Waals surface area contributed by atoms with Crippen LogP contribution >= 0.6 is 0 Å². The maximum Gasteiger partial charge on any atom is 0.490 e. The fourth-order valence-corrected chi connectivity index (χ4v) is 4.39. The van der Waals surface area contributed by atoms with Crippen molar-refractivity contribution in [3.8, 4) is 17.1 Å². The van der Waals surface area contributed by atoms with E-state index in [9.17, 15) is 18.0 Å². The summed E-state index contributed by atoms with van der Waals surface area (Å²) in [5.74, 6) is -1.78. The summed E-state index contributed by atoms with van der Waals surface area (Å²) < 4.78 is 37.8. The normalized spacial score (nSPS) is 13.9. The monoisotopic (exact) mass is 559 g/mol. The maximum absolute atomic E-state index is 10.9. The van der Waals surface area contributed by atoms with Crippen molar-refractivity contribution in [3.05, 3.63) is 76.6 Å².